The van der Waals surface area contributed by atoms with Gasteiger partial charge in [-0.05, 0) is 36.2 Å². The van der Waals surface area contributed by atoms with E-state index in [1.165, 1.54) is 11.1 Å². The highest BCUT2D eigenvalue weighted by molar-refractivity contribution is 6.36. The van der Waals surface area contributed by atoms with Crippen LogP contribution in [-0.4, -0.2) is 0 Å². The molecule has 0 saturated carbocycles. The van der Waals surface area contributed by atoms with Gasteiger partial charge >= 0.3 is 0 Å². The Balaban J connectivity index is 2.23. The maximum atomic E-state index is 6.27. The van der Waals surface area contributed by atoms with Gasteiger partial charge in [0, 0.05) is 22.6 Å². The fourth-order valence-corrected chi connectivity index (χ4v) is 2.77. The largest absolute Gasteiger partial charge is 0.485 e. The molecule has 0 spiro atoms. The summed E-state index contributed by atoms with van der Waals surface area (Å²) in [4.78, 5) is 0. The Morgan fingerprint density at radius 1 is 1.06 bits per heavy atom. The monoisotopic (exact) mass is 277 g/mol. The third-order valence-electron chi connectivity index (χ3n) is 3.04. The van der Waals surface area contributed by atoms with Crippen LogP contribution in [0.4, 0.5) is 0 Å². The van der Waals surface area contributed by atoms with Crippen molar-refractivity contribution in [3.05, 3.63) is 58.1 Å². The van der Waals surface area contributed by atoms with E-state index in [1.807, 2.05) is 18.7 Å². The lowest BCUT2D eigenvalue weighted by Crippen LogP contribution is -1.88. The zero-order valence-corrected chi connectivity index (χ0v) is 11.3. The molecule has 1 aliphatic heterocycles. The van der Waals surface area contributed by atoms with E-state index in [-0.39, 0.29) is 0 Å². The minimum atomic E-state index is 0.639. The molecule has 0 atom stereocenters. The topological polar surface area (TPSA) is 9.23 Å². The van der Waals surface area contributed by atoms with Gasteiger partial charge in [-0.3, -0.25) is 0 Å². The normalized spacial score (nSPS) is 13.3. The molecule has 2 aromatic carbocycles. The van der Waals surface area contributed by atoms with Crippen molar-refractivity contribution < 1.29 is 4.74 Å². The van der Waals surface area contributed by atoms with Gasteiger partial charge in [-0.1, -0.05) is 35.3 Å². The molecule has 0 fully saturated rings. The molecule has 1 heterocycles. The summed E-state index contributed by atoms with van der Waals surface area (Å²) in [6.45, 7) is 3.89. The van der Waals surface area contributed by atoms with E-state index < -0.39 is 0 Å². The summed E-state index contributed by atoms with van der Waals surface area (Å²) in [6, 6.07) is 9.77. The van der Waals surface area contributed by atoms with Gasteiger partial charge in [0.15, 0.2) is 0 Å². The average Bonchev–Trinajstić information content (AvgIpc) is 2.76. The smallest absolute Gasteiger partial charge is 0.140 e. The summed E-state index contributed by atoms with van der Waals surface area (Å²) in [5, 5.41) is 1.28. The molecule has 0 saturated heterocycles. The number of aryl methyl sites for hydroxylation is 1. The zero-order valence-electron chi connectivity index (χ0n) is 9.84. The highest BCUT2D eigenvalue weighted by Crippen LogP contribution is 2.42. The zero-order chi connectivity index (χ0) is 12.7. The molecule has 91 valence electrons. The van der Waals surface area contributed by atoms with Crippen LogP contribution in [-0.2, 0) is 6.42 Å². The van der Waals surface area contributed by atoms with Crippen LogP contribution in [0.15, 0.2) is 30.3 Å². The molecule has 0 aliphatic carbocycles. The lowest BCUT2D eigenvalue weighted by molar-refractivity contribution is 0.436. The SMILES string of the molecule is Cc1cc2c(c(-c3ccc(Cl)cc3Cl)c1)O[CH]C2. The van der Waals surface area contributed by atoms with E-state index in [1.54, 1.807) is 6.07 Å². The Morgan fingerprint density at radius 2 is 1.89 bits per heavy atom. The van der Waals surface area contributed by atoms with Gasteiger partial charge in [0.05, 0.1) is 5.02 Å². The molecule has 3 heteroatoms. The summed E-state index contributed by atoms with van der Waals surface area (Å²) in [5.74, 6) is 0.907. The fourth-order valence-electron chi connectivity index (χ4n) is 2.26. The highest BCUT2D eigenvalue weighted by Gasteiger charge is 2.19. The second-order valence-electron chi connectivity index (χ2n) is 4.41. The molecule has 0 amide bonds. The minimum absolute atomic E-state index is 0.639. The first-order valence-electron chi connectivity index (χ1n) is 5.72. The Labute approximate surface area is 116 Å². The van der Waals surface area contributed by atoms with Crippen molar-refractivity contribution in [2.45, 2.75) is 13.3 Å². The summed E-state index contributed by atoms with van der Waals surface area (Å²) in [5.41, 5.74) is 4.39. The van der Waals surface area contributed by atoms with Gasteiger partial charge in [-0.2, -0.15) is 0 Å². The first kappa shape index (κ1) is 11.9. The standard InChI is InChI=1S/C15H11Cl2O/c1-9-6-10-4-5-18-15(10)13(7-9)12-3-2-11(16)8-14(12)17/h2-3,5-8H,4H2,1H3. The molecule has 1 nitrogen and oxygen atoms in total. The first-order valence-corrected chi connectivity index (χ1v) is 6.48. The number of rotatable bonds is 1. The van der Waals surface area contributed by atoms with E-state index in [0.29, 0.717) is 10.0 Å². The van der Waals surface area contributed by atoms with Crippen molar-refractivity contribution in [1.82, 2.24) is 0 Å². The van der Waals surface area contributed by atoms with Crippen LogP contribution in [0.25, 0.3) is 11.1 Å². The van der Waals surface area contributed by atoms with Crippen molar-refractivity contribution in [2.24, 2.45) is 0 Å². The molecule has 1 radical (unpaired) electrons. The molecular formula is C15H11Cl2O. The van der Waals surface area contributed by atoms with Gasteiger partial charge < -0.3 is 4.74 Å². The van der Waals surface area contributed by atoms with Crippen molar-refractivity contribution in [2.75, 3.05) is 0 Å². The number of hydrogen-bond acceptors (Lipinski definition) is 1. The summed E-state index contributed by atoms with van der Waals surface area (Å²) < 4.78 is 5.61. The van der Waals surface area contributed by atoms with Crippen LogP contribution in [0.2, 0.25) is 10.0 Å². The molecule has 18 heavy (non-hydrogen) atoms. The summed E-state index contributed by atoms with van der Waals surface area (Å²) in [6.07, 6.45) is 0.842. The van der Waals surface area contributed by atoms with E-state index in [4.69, 9.17) is 27.9 Å². The molecular weight excluding hydrogens is 267 g/mol. The van der Waals surface area contributed by atoms with E-state index in [9.17, 15) is 0 Å². The first-order chi connectivity index (χ1) is 8.65. The Bertz CT molecular complexity index is 620. The minimum Gasteiger partial charge on any atom is -0.485 e. The molecule has 3 rings (SSSR count). The van der Waals surface area contributed by atoms with Gasteiger partial charge in [-0.25, -0.2) is 0 Å². The second kappa shape index (κ2) is 4.49. The number of fused-ring (bicyclic) bond motifs is 1. The van der Waals surface area contributed by atoms with Crippen molar-refractivity contribution in [3.8, 4) is 16.9 Å². The van der Waals surface area contributed by atoms with Crippen molar-refractivity contribution in [3.63, 3.8) is 0 Å². The van der Waals surface area contributed by atoms with Gasteiger partial charge in [0.1, 0.15) is 12.4 Å². The van der Waals surface area contributed by atoms with Crippen LogP contribution in [0.3, 0.4) is 0 Å². The maximum Gasteiger partial charge on any atom is 0.140 e. The average molecular weight is 278 g/mol. The third-order valence-corrected chi connectivity index (χ3v) is 3.58. The number of hydrogen-bond donors (Lipinski definition) is 0. The molecule has 0 bridgehead atoms. The predicted octanol–water partition coefficient (Wildman–Crippen LogP) is 5.07. The number of benzene rings is 2. The Kier molecular flexibility index (Phi) is 2.96. The Morgan fingerprint density at radius 3 is 2.67 bits per heavy atom. The van der Waals surface area contributed by atoms with E-state index >= 15 is 0 Å². The maximum absolute atomic E-state index is 6.27. The lowest BCUT2D eigenvalue weighted by atomic mass is 9.98. The summed E-state index contributed by atoms with van der Waals surface area (Å²) in [7, 11) is 0. The van der Waals surface area contributed by atoms with Crippen LogP contribution in [0, 0.1) is 13.5 Å². The molecule has 2 aromatic rings. The highest BCUT2D eigenvalue weighted by atomic mass is 35.5. The van der Waals surface area contributed by atoms with Gasteiger partial charge in [-0.15, -0.1) is 0 Å². The van der Waals surface area contributed by atoms with Crippen LogP contribution in [0.1, 0.15) is 11.1 Å². The van der Waals surface area contributed by atoms with Gasteiger partial charge in [0.2, 0.25) is 0 Å². The van der Waals surface area contributed by atoms with Crippen LogP contribution < -0.4 is 4.74 Å². The van der Waals surface area contributed by atoms with E-state index in [0.717, 1.165) is 23.3 Å². The summed E-state index contributed by atoms with van der Waals surface area (Å²) >= 11 is 12.2. The van der Waals surface area contributed by atoms with Crippen molar-refractivity contribution in [1.29, 1.82) is 0 Å². The lowest BCUT2D eigenvalue weighted by Gasteiger charge is -2.11. The van der Waals surface area contributed by atoms with Crippen LogP contribution in [0.5, 0.6) is 5.75 Å². The second-order valence-corrected chi connectivity index (χ2v) is 5.26. The molecule has 0 aromatic heterocycles. The van der Waals surface area contributed by atoms with E-state index in [2.05, 4.69) is 19.1 Å². The predicted molar refractivity (Wildman–Crippen MR) is 75.3 cm³/mol. The molecule has 0 unspecified atom stereocenters. The van der Waals surface area contributed by atoms with Crippen LogP contribution >= 0.6 is 23.2 Å². The van der Waals surface area contributed by atoms with Gasteiger partial charge in [0.25, 0.3) is 0 Å². The Hall–Kier alpha value is -1.18. The fraction of sp³-hybridized carbons (Fsp3) is 0.133. The molecule has 0 N–H and O–H groups in total. The third kappa shape index (κ3) is 1.98. The van der Waals surface area contributed by atoms with Crippen molar-refractivity contribution >= 4 is 23.2 Å². The number of halogens is 2. The quantitative estimate of drug-likeness (QED) is 0.708. The number of ether oxygens (including phenoxy) is 1. The molecule has 1 aliphatic rings.